The van der Waals surface area contributed by atoms with Gasteiger partial charge in [-0.05, 0) is 61.7 Å². The minimum atomic E-state index is -0.259. The Kier molecular flexibility index (Phi) is 7.30. The van der Waals surface area contributed by atoms with E-state index in [2.05, 4.69) is 15.5 Å². The molecule has 0 bridgehead atoms. The van der Waals surface area contributed by atoms with Crippen LogP contribution in [0.25, 0.3) is 0 Å². The first-order chi connectivity index (χ1) is 14.1. The van der Waals surface area contributed by atoms with Crippen LogP contribution in [0.15, 0.2) is 42.5 Å². The van der Waals surface area contributed by atoms with Gasteiger partial charge in [-0.25, -0.2) is 9.18 Å². The van der Waals surface area contributed by atoms with Crippen molar-refractivity contribution in [3.8, 4) is 11.5 Å². The number of piperidine rings is 1. The number of hydrogen-bond acceptors (Lipinski definition) is 4. The number of carbonyl (C=O) groups is 1. The number of urea groups is 1. The van der Waals surface area contributed by atoms with Crippen molar-refractivity contribution in [3.63, 3.8) is 0 Å². The highest BCUT2D eigenvalue weighted by atomic mass is 19.1. The highest BCUT2D eigenvalue weighted by Gasteiger charge is 2.20. The Morgan fingerprint density at radius 2 is 1.83 bits per heavy atom. The van der Waals surface area contributed by atoms with Crippen molar-refractivity contribution in [2.75, 3.05) is 39.2 Å². The van der Waals surface area contributed by atoms with E-state index < -0.39 is 0 Å². The predicted molar refractivity (Wildman–Crippen MR) is 111 cm³/mol. The topological polar surface area (TPSA) is 62.8 Å². The molecule has 1 fully saturated rings. The second kappa shape index (κ2) is 10.1. The third-order valence-electron chi connectivity index (χ3n) is 5.23. The average Bonchev–Trinajstić information content (AvgIpc) is 2.75. The smallest absolute Gasteiger partial charge is 0.319 e. The fourth-order valence-electron chi connectivity index (χ4n) is 3.51. The van der Waals surface area contributed by atoms with Crippen LogP contribution in [-0.4, -0.2) is 44.8 Å². The molecule has 29 heavy (non-hydrogen) atoms. The van der Waals surface area contributed by atoms with E-state index in [1.807, 2.05) is 12.1 Å². The lowest BCUT2D eigenvalue weighted by Crippen LogP contribution is -2.39. The van der Waals surface area contributed by atoms with Crippen LogP contribution >= 0.6 is 0 Å². The second-order valence-corrected chi connectivity index (χ2v) is 7.25. The van der Waals surface area contributed by atoms with Gasteiger partial charge in [0.05, 0.1) is 19.9 Å². The number of amides is 2. The number of rotatable bonds is 7. The Bertz CT molecular complexity index is 805. The van der Waals surface area contributed by atoms with Crippen molar-refractivity contribution in [2.24, 2.45) is 5.92 Å². The van der Waals surface area contributed by atoms with Crippen molar-refractivity contribution in [1.29, 1.82) is 0 Å². The number of anilines is 1. The molecule has 1 aliphatic rings. The molecule has 0 saturated carbocycles. The highest BCUT2D eigenvalue weighted by Crippen LogP contribution is 2.28. The molecule has 0 aliphatic carbocycles. The van der Waals surface area contributed by atoms with Crippen molar-refractivity contribution in [1.82, 2.24) is 10.2 Å². The van der Waals surface area contributed by atoms with Gasteiger partial charge in [0.25, 0.3) is 0 Å². The summed E-state index contributed by atoms with van der Waals surface area (Å²) in [5.74, 6) is 1.46. The molecule has 0 aromatic heterocycles. The molecule has 3 rings (SSSR count). The van der Waals surface area contributed by atoms with E-state index in [0.717, 1.165) is 38.0 Å². The fourth-order valence-corrected chi connectivity index (χ4v) is 3.51. The summed E-state index contributed by atoms with van der Waals surface area (Å²) in [6, 6.07) is 11.7. The number of nitrogens with zero attached hydrogens (tertiary/aromatic N) is 1. The van der Waals surface area contributed by atoms with Gasteiger partial charge in [-0.1, -0.05) is 12.1 Å². The molecule has 2 N–H and O–H groups in total. The maximum Gasteiger partial charge on any atom is 0.319 e. The van der Waals surface area contributed by atoms with Crippen LogP contribution in [-0.2, 0) is 6.54 Å². The van der Waals surface area contributed by atoms with Gasteiger partial charge in [-0.3, -0.25) is 4.90 Å². The molecule has 6 nitrogen and oxygen atoms in total. The van der Waals surface area contributed by atoms with E-state index in [0.29, 0.717) is 29.6 Å². The largest absolute Gasteiger partial charge is 0.497 e. The summed E-state index contributed by atoms with van der Waals surface area (Å²) in [6.45, 7) is 3.39. The first-order valence-electron chi connectivity index (χ1n) is 9.81. The molecule has 1 heterocycles. The zero-order chi connectivity index (χ0) is 20.6. The number of methoxy groups -OCH3 is 2. The number of benzene rings is 2. The summed E-state index contributed by atoms with van der Waals surface area (Å²) in [5.41, 5.74) is 1.69. The van der Waals surface area contributed by atoms with Gasteiger partial charge >= 0.3 is 6.03 Å². The second-order valence-electron chi connectivity index (χ2n) is 7.25. The van der Waals surface area contributed by atoms with E-state index in [1.54, 1.807) is 32.4 Å². The molecule has 2 aromatic carbocycles. The lowest BCUT2D eigenvalue weighted by atomic mass is 9.96. The van der Waals surface area contributed by atoms with Crippen molar-refractivity contribution < 1.29 is 18.7 Å². The summed E-state index contributed by atoms with van der Waals surface area (Å²) >= 11 is 0. The summed E-state index contributed by atoms with van der Waals surface area (Å²) < 4.78 is 23.5. The van der Waals surface area contributed by atoms with Gasteiger partial charge in [0.2, 0.25) is 0 Å². The summed E-state index contributed by atoms with van der Waals surface area (Å²) in [5, 5.41) is 5.78. The molecule has 1 aliphatic heterocycles. The monoisotopic (exact) mass is 401 g/mol. The lowest BCUT2D eigenvalue weighted by molar-refractivity contribution is 0.175. The van der Waals surface area contributed by atoms with Gasteiger partial charge in [0, 0.05) is 19.2 Å². The van der Waals surface area contributed by atoms with E-state index in [4.69, 9.17) is 9.47 Å². The van der Waals surface area contributed by atoms with Crippen molar-refractivity contribution in [2.45, 2.75) is 19.4 Å². The van der Waals surface area contributed by atoms with Crippen molar-refractivity contribution in [3.05, 3.63) is 53.8 Å². The molecule has 2 aromatic rings. The van der Waals surface area contributed by atoms with Crippen LogP contribution in [0.1, 0.15) is 18.4 Å². The number of likely N-dealkylation sites (tertiary alicyclic amines) is 1. The van der Waals surface area contributed by atoms with Crippen LogP contribution in [0.4, 0.5) is 14.9 Å². The molecule has 0 unspecified atom stereocenters. The fraction of sp³-hybridized carbons (Fsp3) is 0.409. The maximum absolute atomic E-state index is 13.0. The van der Waals surface area contributed by atoms with Gasteiger partial charge in [0.1, 0.15) is 17.3 Å². The standard InChI is InChI=1S/C22H28FN3O3/c1-28-19-7-8-21(29-2)20(13-19)25-22(27)24-14-16-9-11-26(12-10-16)15-17-3-5-18(23)6-4-17/h3-8,13,16H,9-12,14-15H2,1-2H3,(H2,24,25,27). The molecule has 156 valence electrons. The van der Waals surface area contributed by atoms with E-state index in [9.17, 15) is 9.18 Å². The lowest BCUT2D eigenvalue weighted by Gasteiger charge is -2.32. The minimum Gasteiger partial charge on any atom is -0.497 e. The molecule has 0 spiro atoms. The Hall–Kier alpha value is -2.80. The maximum atomic E-state index is 13.0. The van der Waals surface area contributed by atoms with Crippen LogP contribution in [0.2, 0.25) is 0 Å². The van der Waals surface area contributed by atoms with Gasteiger partial charge in [-0.15, -0.1) is 0 Å². The third kappa shape index (κ3) is 6.09. The van der Waals surface area contributed by atoms with E-state index >= 15 is 0 Å². The third-order valence-corrected chi connectivity index (χ3v) is 5.23. The Morgan fingerprint density at radius 3 is 2.48 bits per heavy atom. The summed E-state index contributed by atoms with van der Waals surface area (Å²) in [4.78, 5) is 14.7. The predicted octanol–water partition coefficient (Wildman–Crippen LogP) is 3.88. The quantitative estimate of drug-likeness (QED) is 0.739. The van der Waals surface area contributed by atoms with Gasteiger partial charge in [-0.2, -0.15) is 0 Å². The number of hydrogen-bond donors (Lipinski definition) is 2. The normalized spacial score (nSPS) is 15.0. The average molecular weight is 401 g/mol. The Morgan fingerprint density at radius 1 is 1.10 bits per heavy atom. The number of nitrogens with one attached hydrogen (secondary N) is 2. The van der Waals surface area contributed by atoms with E-state index in [-0.39, 0.29) is 11.8 Å². The molecular weight excluding hydrogens is 373 g/mol. The molecule has 0 radical (unpaired) electrons. The minimum absolute atomic E-state index is 0.205. The van der Waals surface area contributed by atoms with Crippen LogP contribution in [0.3, 0.4) is 0 Å². The zero-order valence-corrected chi connectivity index (χ0v) is 16.9. The Labute approximate surface area is 171 Å². The summed E-state index contributed by atoms with van der Waals surface area (Å²) in [7, 11) is 3.14. The SMILES string of the molecule is COc1ccc(OC)c(NC(=O)NCC2CCN(Cc3ccc(F)cc3)CC2)c1. The Balaban J connectivity index is 1.42. The molecule has 2 amide bonds. The van der Waals surface area contributed by atoms with Crippen LogP contribution < -0.4 is 20.1 Å². The number of ether oxygens (including phenoxy) is 2. The first kappa shape index (κ1) is 20.9. The molecule has 0 atom stereocenters. The van der Waals surface area contributed by atoms with E-state index in [1.165, 1.54) is 12.1 Å². The summed E-state index contributed by atoms with van der Waals surface area (Å²) in [6.07, 6.45) is 2.04. The van der Waals surface area contributed by atoms with Gasteiger partial charge in [0.15, 0.2) is 0 Å². The van der Waals surface area contributed by atoms with Crippen molar-refractivity contribution >= 4 is 11.7 Å². The zero-order valence-electron chi connectivity index (χ0n) is 16.9. The van der Waals surface area contributed by atoms with Crippen LogP contribution in [0, 0.1) is 11.7 Å². The number of carbonyl (C=O) groups excluding carboxylic acids is 1. The van der Waals surface area contributed by atoms with Crippen LogP contribution in [0.5, 0.6) is 11.5 Å². The van der Waals surface area contributed by atoms with Gasteiger partial charge < -0.3 is 20.1 Å². The molecular formula is C22H28FN3O3. The first-order valence-corrected chi connectivity index (χ1v) is 9.81. The molecule has 7 heteroatoms. The molecule has 1 saturated heterocycles. The number of halogens is 1. The highest BCUT2D eigenvalue weighted by molar-refractivity contribution is 5.91.